The maximum absolute atomic E-state index is 9.55. The van der Waals surface area contributed by atoms with Gasteiger partial charge in [0.05, 0.1) is 17.4 Å². The summed E-state index contributed by atoms with van der Waals surface area (Å²) in [5.74, 6) is -2.51. The molecule has 3 N–H and O–H groups in total. The average molecular weight is 278 g/mol. The second-order valence-electron chi connectivity index (χ2n) is 3.78. The molecule has 0 amide bonds. The Bertz CT molecular complexity index is 614. The van der Waals surface area contributed by atoms with Crippen LogP contribution >= 0.6 is 0 Å². The normalized spacial score (nSPS) is 11.9. The van der Waals surface area contributed by atoms with Gasteiger partial charge in [0, 0.05) is 12.2 Å². The van der Waals surface area contributed by atoms with E-state index in [2.05, 4.69) is 4.98 Å². The summed E-state index contributed by atoms with van der Waals surface area (Å²) in [5.41, 5.74) is 1.88. The van der Waals surface area contributed by atoms with Crippen molar-refractivity contribution in [3.05, 3.63) is 42.7 Å². The second-order valence-corrected chi connectivity index (χ2v) is 3.78. The Labute approximate surface area is 114 Å². The molecule has 0 spiro atoms. The lowest BCUT2D eigenvalue weighted by Gasteiger charge is -2.05. The van der Waals surface area contributed by atoms with Crippen LogP contribution in [0.3, 0.4) is 0 Å². The smallest absolute Gasteiger partial charge is 0.328 e. The summed E-state index contributed by atoms with van der Waals surface area (Å²) in [6, 6.07) is 7.73. The van der Waals surface area contributed by atoms with Gasteiger partial charge in [0.2, 0.25) is 0 Å². The highest BCUT2D eigenvalue weighted by Crippen LogP contribution is 2.14. The molecule has 0 saturated carbocycles. The zero-order valence-electron chi connectivity index (χ0n) is 10.7. The highest BCUT2D eigenvalue weighted by atomic mass is 16.4. The van der Waals surface area contributed by atoms with Crippen LogP contribution in [0.15, 0.2) is 42.7 Å². The zero-order valence-corrected chi connectivity index (χ0v) is 10.7. The van der Waals surface area contributed by atoms with Crippen LogP contribution in [0.5, 0.6) is 0 Å². The number of carboxylic acid groups (broad SMARTS) is 2. The van der Waals surface area contributed by atoms with Crippen LogP contribution in [0.1, 0.15) is 13.2 Å². The van der Waals surface area contributed by atoms with E-state index in [1.165, 1.54) is 0 Å². The number of hydrogen-bond donors (Lipinski definition) is 3. The molecule has 0 radical (unpaired) electrons. The monoisotopic (exact) mass is 278 g/mol. The third-order valence-electron chi connectivity index (χ3n) is 2.25. The number of aliphatic carboxylic acids is 2. The van der Waals surface area contributed by atoms with Crippen LogP contribution < -0.4 is 0 Å². The van der Waals surface area contributed by atoms with Crippen molar-refractivity contribution in [2.45, 2.75) is 13.2 Å². The van der Waals surface area contributed by atoms with Crippen molar-refractivity contribution >= 4 is 23.0 Å². The molecule has 1 unspecified atom stereocenters. The Morgan fingerprint density at radius 3 is 2.25 bits per heavy atom. The van der Waals surface area contributed by atoms with Gasteiger partial charge in [0.1, 0.15) is 6.23 Å². The van der Waals surface area contributed by atoms with E-state index in [1.807, 2.05) is 24.3 Å². The van der Waals surface area contributed by atoms with Crippen molar-refractivity contribution in [3.8, 4) is 0 Å². The summed E-state index contributed by atoms with van der Waals surface area (Å²) in [4.78, 5) is 23.3. The van der Waals surface area contributed by atoms with Gasteiger partial charge in [-0.3, -0.25) is 0 Å². The average Bonchev–Trinajstić information content (AvgIpc) is 2.81. The first-order chi connectivity index (χ1) is 9.41. The van der Waals surface area contributed by atoms with Gasteiger partial charge in [-0.2, -0.15) is 0 Å². The van der Waals surface area contributed by atoms with E-state index in [-0.39, 0.29) is 0 Å². The minimum absolute atomic E-state index is 0.516. The third kappa shape index (κ3) is 4.54. The fraction of sp³-hybridized carbons (Fsp3) is 0.154. The number of aliphatic hydroxyl groups excluding tert-OH is 1. The predicted molar refractivity (Wildman–Crippen MR) is 71.1 cm³/mol. The summed E-state index contributed by atoms with van der Waals surface area (Å²) < 4.78 is 1.73. The molecular formula is C13H14N2O5. The van der Waals surface area contributed by atoms with E-state index in [0.29, 0.717) is 12.2 Å². The number of rotatable bonds is 3. The number of aliphatic hydroxyl groups is 1. The van der Waals surface area contributed by atoms with Crippen molar-refractivity contribution in [2.75, 3.05) is 0 Å². The molecule has 0 aliphatic heterocycles. The van der Waals surface area contributed by atoms with Crippen molar-refractivity contribution < 1.29 is 24.9 Å². The Balaban J connectivity index is 0.000000221. The first-order valence-electron chi connectivity index (χ1n) is 5.65. The first-order valence-corrected chi connectivity index (χ1v) is 5.65. The van der Waals surface area contributed by atoms with E-state index in [1.54, 1.807) is 17.8 Å². The topological polar surface area (TPSA) is 113 Å². The van der Waals surface area contributed by atoms with Crippen LogP contribution in [-0.4, -0.2) is 36.8 Å². The summed E-state index contributed by atoms with van der Waals surface area (Å²) in [6.45, 7) is 1.72. The Morgan fingerprint density at radius 1 is 1.20 bits per heavy atom. The molecule has 1 aromatic heterocycles. The molecule has 0 aliphatic rings. The molecule has 0 fully saturated rings. The maximum atomic E-state index is 9.55. The summed E-state index contributed by atoms with van der Waals surface area (Å²) >= 11 is 0. The van der Waals surface area contributed by atoms with E-state index in [0.717, 1.165) is 11.0 Å². The van der Waals surface area contributed by atoms with Gasteiger partial charge in [-0.25, -0.2) is 14.6 Å². The predicted octanol–water partition coefficient (Wildman–Crippen LogP) is 1.26. The number of nitrogens with zero attached hydrogens (tertiary/aromatic N) is 2. The molecule has 7 heteroatoms. The molecule has 0 bridgehead atoms. The highest BCUT2D eigenvalue weighted by Gasteiger charge is 2.03. The number of hydrogen-bond acceptors (Lipinski definition) is 4. The van der Waals surface area contributed by atoms with Gasteiger partial charge in [0.25, 0.3) is 0 Å². The molecule has 1 aromatic carbocycles. The molecule has 106 valence electrons. The van der Waals surface area contributed by atoms with E-state index < -0.39 is 18.2 Å². The first kappa shape index (κ1) is 15.4. The Morgan fingerprint density at radius 2 is 1.75 bits per heavy atom. The molecule has 20 heavy (non-hydrogen) atoms. The lowest BCUT2D eigenvalue weighted by molar-refractivity contribution is -0.134. The Hall–Kier alpha value is -2.67. The summed E-state index contributed by atoms with van der Waals surface area (Å²) in [7, 11) is 0. The minimum atomic E-state index is -1.26. The summed E-state index contributed by atoms with van der Waals surface area (Å²) in [6.07, 6.45) is 2.25. The number of imidazole rings is 1. The van der Waals surface area contributed by atoms with E-state index in [4.69, 9.17) is 10.2 Å². The van der Waals surface area contributed by atoms with Gasteiger partial charge in [0.15, 0.2) is 0 Å². The van der Waals surface area contributed by atoms with Crippen molar-refractivity contribution in [3.63, 3.8) is 0 Å². The van der Waals surface area contributed by atoms with Gasteiger partial charge < -0.3 is 19.9 Å². The molecule has 0 aliphatic carbocycles. The molecular weight excluding hydrogens is 264 g/mol. The van der Waals surface area contributed by atoms with E-state index in [9.17, 15) is 14.7 Å². The summed E-state index contributed by atoms with van der Waals surface area (Å²) in [5, 5.41) is 25.0. The SMILES string of the molecule is CC(O)n1cnc2ccccc21.O=C(O)C=CC(=O)O. The van der Waals surface area contributed by atoms with Gasteiger partial charge in [-0.15, -0.1) is 0 Å². The number of benzene rings is 1. The Kier molecular flexibility index (Phi) is 5.42. The van der Waals surface area contributed by atoms with Gasteiger partial charge >= 0.3 is 11.9 Å². The maximum Gasteiger partial charge on any atom is 0.328 e. The molecule has 2 aromatic rings. The highest BCUT2D eigenvalue weighted by molar-refractivity contribution is 5.89. The van der Waals surface area contributed by atoms with E-state index >= 15 is 0 Å². The van der Waals surface area contributed by atoms with Gasteiger partial charge in [-0.1, -0.05) is 12.1 Å². The van der Waals surface area contributed by atoms with Crippen LogP contribution in [0, 0.1) is 0 Å². The molecule has 1 atom stereocenters. The van der Waals surface area contributed by atoms with Crippen molar-refractivity contribution in [2.24, 2.45) is 0 Å². The molecule has 7 nitrogen and oxygen atoms in total. The van der Waals surface area contributed by atoms with Crippen molar-refractivity contribution in [1.29, 1.82) is 0 Å². The lowest BCUT2D eigenvalue weighted by Crippen LogP contribution is -2.00. The van der Waals surface area contributed by atoms with Crippen LogP contribution in [-0.2, 0) is 9.59 Å². The second kappa shape index (κ2) is 7.05. The quantitative estimate of drug-likeness (QED) is 0.728. The van der Waals surface area contributed by atoms with Crippen LogP contribution in [0.4, 0.5) is 0 Å². The molecule has 0 saturated heterocycles. The molecule has 2 rings (SSSR count). The number of carbonyl (C=O) groups is 2. The van der Waals surface area contributed by atoms with Crippen LogP contribution in [0.2, 0.25) is 0 Å². The van der Waals surface area contributed by atoms with Crippen LogP contribution in [0.25, 0.3) is 11.0 Å². The fourth-order valence-corrected chi connectivity index (χ4v) is 1.42. The zero-order chi connectivity index (χ0) is 15.1. The third-order valence-corrected chi connectivity index (χ3v) is 2.25. The lowest BCUT2D eigenvalue weighted by atomic mass is 10.3. The van der Waals surface area contributed by atoms with Gasteiger partial charge in [-0.05, 0) is 19.1 Å². The molecule has 1 heterocycles. The number of para-hydroxylation sites is 2. The minimum Gasteiger partial charge on any atom is -0.478 e. The number of carboxylic acids is 2. The fourth-order valence-electron chi connectivity index (χ4n) is 1.42. The van der Waals surface area contributed by atoms with Crippen molar-refractivity contribution in [1.82, 2.24) is 9.55 Å². The largest absolute Gasteiger partial charge is 0.478 e. The number of aromatic nitrogens is 2. The number of fused-ring (bicyclic) bond motifs is 1. The standard InChI is InChI=1S/C9H10N2O.C4H4O4/c1-7(12)11-6-10-8-4-2-3-5-9(8)11;5-3(6)1-2-4(7)8/h2-7,12H,1H3;1-2H,(H,5,6)(H,7,8).